The highest BCUT2D eigenvalue weighted by atomic mass is 79.9. The molecule has 0 saturated carbocycles. The van der Waals surface area contributed by atoms with E-state index in [4.69, 9.17) is 0 Å². The summed E-state index contributed by atoms with van der Waals surface area (Å²) in [5.74, 6) is 0.0762. The summed E-state index contributed by atoms with van der Waals surface area (Å²) in [6.45, 7) is 2.01. The van der Waals surface area contributed by atoms with Crippen molar-refractivity contribution in [3.8, 4) is 0 Å². The van der Waals surface area contributed by atoms with E-state index >= 15 is 0 Å². The lowest BCUT2D eigenvalue weighted by molar-refractivity contribution is -0.116. The number of anilines is 1. The van der Waals surface area contributed by atoms with Gasteiger partial charge in [-0.15, -0.1) is 0 Å². The Labute approximate surface area is 113 Å². The summed E-state index contributed by atoms with van der Waals surface area (Å²) in [5.41, 5.74) is 1.99. The first-order valence-electron chi connectivity index (χ1n) is 5.25. The van der Waals surface area contributed by atoms with Crippen molar-refractivity contribution in [2.24, 2.45) is 0 Å². The van der Waals surface area contributed by atoms with E-state index in [2.05, 4.69) is 37.2 Å². The van der Waals surface area contributed by atoms with E-state index in [9.17, 15) is 4.79 Å². The van der Waals surface area contributed by atoms with Crippen molar-refractivity contribution in [2.75, 3.05) is 10.6 Å². The molecule has 0 saturated heterocycles. The van der Waals surface area contributed by atoms with Gasteiger partial charge in [0.05, 0.1) is 5.69 Å². The van der Waals surface area contributed by atoms with Crippen LogP contribution in [0.1, 0.15) is 24.8 Å². The lowest BCUT2D eigenvalue weighted by atomic mass is 10.2. The third-order valence-electron chi connectivity index (χ3n) is 2.18. The van der Waals surface area contributed by atoms with Crippen LogP contribution in [-0.2, 0) is 4.79 Å². The Kier molecular flexibility index (Phi) is 6.06. The van der Waals surface area contributed by atoms with Crippen LogP contribution in [0.2, 0.25) is 0 Å². The lowest BCUT2D eigenvalue weighted by Crippen LogP contribution is -2.11. The monoisotopic (exact) mass is 347 g/mol. The van der Waals surface area contributed by atoms with Crippen LogP contribution < -0.4 is 5.32 Å². The van der Waals surface area contributed by atoms with Crippen LogP contribution in [0.15, 0.2) is 22.7 Å². The number of unbranched alkanes of at least 4 members (excludes halogenated alkanes) is 1. The van der Waals surface area contributed by atoms with E-state index in [0.717, 1.165) is 33.9 Å². The molecule has 0 spiro atoms. The summed E-state index contributed by atoms with van der Waals surface area (Å²) in [6.07, 6.45) is 2.52. The highest BCUT2D eigenvalue weighted by molar-refractivity contribution is 9.10. The zero-order valence-corrected chi connectivity index (χ0v) is 12.4. The van der Waals surface area contributed by atoms with Gasteiger partial charge in [0.15, 0.2) is 0 Å². The first-order valence-corrected chi connectivity index (χ1v) is 7.17. The van der Waals surface area contributed by atoms with Gasteiger partial charge in [0, 0.05) is 16.2 Å². The number of benzene rings is 1. The number of halogens is 2. The van der Waals surface area contributed by atoms with Gasteiger partial charge >= 0.3 is 0 Å². The van der Waals surface area contributed by atoms with Crippen molar-refractivity contribution in [1.82, 2.24) is 0 Å². The number of carbonyl (C=O) groups excluding carboxylic acids is 1. The number of alkyl halides is 1. The molecule has 0 aliphatic rings. The van der Waals surface area contributed by atoms with E-state index in [1.54, 1.807) is 0 Å². The molecule has 0 bridgehead atoms. The fourth-order valence-electron chi connectivity index (χ4n) is 1.33. The third kappa shape index (κ3) is 4.66. The summed E-state index contributed by atoms with van der Waals surface area (Å²) in [4.78, 5) is 11.6. The number of hydrogen-bond acceptors (Lipinski definition) is 1. The molecule has 0 aromatic heterocycles. The summed E-state index contributed by atoms with van der Waals surface area (Å²) in [7, 11) is 0. The Balaban J connectivity index is 2.52. The molecule has 16 heavy (non-hydrogen) atoms. The Hall–Kier alpha value is -0.350. The number of nitrogens with one attached hydrogen (secondary N) is 1. The molecule has 0 atom stereocenters. The molecule has 2 nitrogen and oxygen atoms in total. The molecule has 1 amide bonds. The van der Waals surface area contributed by atoms with Crippen molar-refractivity contribution in [3.63, 3.8) is 0 Å². The van der Waals surface area contributed by atoms with Gasteiger partial charge in [-0.1, -0.05) is 22.0 Å². The van der Waals surface area contributed by atoms with Gasteiger partial charge in [0.2, 0.25) is 5.91 Å². The zero-order chi connectivity index (χ0) is 12.0. The summed E-state index contributed by atoms with van der Waals surface area (Å²) >= 11 is 6.77. The zero-order valence-electron chi connectivity index (χ0n) is 9.22. The van der Waals surface area contributed by atoms with Crippen molar-refractivity contribution in [2.45, 2.75) is 26.2 Å². The molecule has 0 aliphatic heterocycles. The van der Waals surface area contributed by atoms with Gasteiger partial charge in [0.25, 0.3) is 0 Å². The molecule has 0 heterocycles. The van der Waals surface area contributed by atoms with Crippen LogP contribution in [0.5, 0.6) is 0 Å². The quantitative estimate of drug-likeness (QED) is 0.625. The summed E-state index contributed by atoms with van der Waals surface area (Å²) < 4.78 is 0.923. The molecule has 0 aliphatic carbocycles. The smallest absolute Gasteiger partial charge is 0.224 e. The molecule has 1 N–H and O–H groups in total. The molecule has 1 aromatic rings. The predicted molar refractivity (Wildman–Crippen MR) is 75.2 cm³/mol. The highest BCUT2D eigenvalue weighted by Gasteiger charge is 2.05. The standard InChI is InChI=1S/C12H15Br2NO/c1-9-5-6-10(14)11(8-9)15-12(16)4-2-3-7-13/h5-6,8H,2-4,7H2,1H3,(H,15,16). The van der Waals surface area contributed by atoms with Crippen LogP contribution in [0, 0.1) is 6.92 Å². The summed E-state index contributed by atoms with van der Waals surface area (Å²) in [6, 6.07) is 5.92. The summed E-state index contributed by atoms with van der Waals surface area (Å²) in [5, 5.41) is 3.86. The van der Waals surface area contributed by atoms with Crippen LogP contribution in [-0.4, -0.2) is 11.2 Å². The molecule has 1 aromatic carbocycles. The minimum atomic E-state index is 0.0762. The fraction of sp³-hybridized carbons (Fsp3) is 0.417. The molecule has 0 unspecified atom stereocenters. The van der Waals surface area contributed by atoms with E-state index in [1.807, 2.05) is 25.1 Å². The largest absolute Gasteiger partial charge is 0.325 e. The van der Waals surface area contributed by atoms with E-state index in [-0.39, 0.29) is 5.91 Å². The Bertz CT molecular complexity index is 366. The maximum Gasteiger partial charge on any atom is 0.224 e. The van der Waals surface area contributed by atoms with Gasteiger partial charge in [0.1, 0.15) is 0 Å². The average molecular weight is 349 g/mol. The van der Waals surface area contributed by atoms with Crippen LogP contribution in [0.25, 0.3) is 0 Å². The maximum absolute atomic E-state index is 11.6. The van der Waals surface area contributed by atoms with Gasteiger partial charge in [-0.25, -0.2) is 0 Å². The number of carbonyl (C=O) groups is 1. The molecule has 88 valence electrons. The lowest BCUT2D eigenvalue weighted by Gasteiger charge is -2.08. The van der Waals surface area contributed by atoms with Gasteiger partial charge in [-0.05, 0) is 53.4 Å². The average Bonchev–Trinajstić information content (AvgIpc) is 2.24. The Morgan fingerprint density at radius 1 is 1.38 bits per heavy atom. The maximum atomic E-state index is 11.6. The van der Waals surface area contributed by atoms with Crippen molar-refractivity contribution in [1.29, 1.82) is 0 Å². The predicted octanol–water partition coefficient (Wildman–Crippen LogP) is 4.26. The Morgan fingerprint density at radius 3 is 2.81 bits per heavy atom. The fourth-order valence-corrected chi connectivity index (χ4v) is 2.07. The topological polar surface area (TPSA) is 29.1 Å². The van der Waals surface area contributed by atoms with Crippen molar-refractivity contribution >= 4 is 43.5 Å². The normalized spacial score (nSPS) is 10.2. The van der Waals surface area contributed by atoms with Gasteiger partial charge in [-0.2, -0.15) is 0 Å². The van der Waals surface area contributed by atoms with Crippen molar-refractivity contribution < 1.29 is 4.79 Å². The number of rotatable bonds is 5. The van der Waals surface area contributed by atoms with E-state index in [1.165, 1.54) is 0 Å². The molecule has 0 radical (unpaired) electrons. The molecule has 4 heteroatoms. The second kappa shape index (κ2) is 7.07. The van der Waals surface area contributed by atoms with Crippen molar-refractivity contribution in [3.05, 3.63) is 28.2 Å². The SMILES string of the molecule is Cc1ccc(Br)c(NC(=O)CCCCBr)c1. The molecular formula is C12H15Br2NO. The van der Waals surface area contributed by atoms with E-state index in [0.29, 0.717) is 6.42 Å². The number of hydrogen-bond donors (Lipinski definition) is 1. The van der Waals surface area contributed by atoms with Crippen LogP contribution in [0.4, 0.5) is 5.69 Å². The molecular weight excluding hydrogens is 334 g/mol. The van der Waals surface area contributed by atoms with Gasteiger partial charge < -0.3 is 5.32 Å². The number of aryl methyl sites for hydroxylation is 1. The first kappa shape index (κ1) is 13.7. The minimum absolute atomic E-state index is 0.0762. The third-order valence-corrected chi connectivity index (χ3v) is 3.44. The molecule has 0 fully saturated rings. The first-order chi connectivity index (χ1) is 7.63. The van der Waals surface area contributed by atoms with Crippen LogP contribution >= 0.6 is 31.9 Å². The second-order valence-electron chi connectivity index (χ2n) is 3.68. The highest BCUT2D eigenvalue weighted by Crippen LogP contribution is 2.23. The van der Waals surface area contributed by atoms with Gasteiger partial charge in [-0.3, -0.25) is 4.79 Å². The minimum Gasteiger partial charge on any atom is -0.325 e. The Morgan fingerprint density at radius 2 is 2.12 bits per heavy atom. The van der Waals surface area contributed by atoms with E-state index < -0.39 is 0 Å². The number of amides is 1. The van der Waals surface area contributed by atoms with Crippen LogP contribution in [0.3, 0.4) is 0 Å². The second-order valence-corrected chi connectivity index (χ2v) is 5.32. The molecule has 1 rings (SSSR count).